The summed E-state index contributed by atoms with van der Waals surface area (Å²) < 4.78 is 0. The Morgan fingerprint density at radius 1 is 0.774 bits per heavy atom. The van der Waals surface area contributed by atoms with E-state index >= 15 is 0 Å². The average molecular weight is 439 g/mol. The summed E-state index contributed by atoms with van der Waals surface area (Å²) in [6, 6.07) is 10.9. The number of fused-ring (bicyclic) bond motifs is 3. The summed E-state index contributed by atoms with van der Waals surface area (Å²) in [5, 5.41) is 34.8. The number of aryl methyl sites for hydroxylation is 1. The molecule has 0 heterocycles. The smallest absolute Gasteiger partial charge is 0.258 e. The lowest BCUT2D eigenvalue weighted by Gasteiger charge is -2.06. The zero-order valence-corrected chi connectivity index (χ0v) is 16.5. The highest BCUT2D eigenvalue weighted by molar-refractivity contribution is 6.31. The first-order chi connectivity index (χ1) is 14.7. The van der Waals surface area contributed by atoms with E-state index in [0.29, 0.717) is 16.3 Å². The molecule has 0 aromatic heterocycles. The zero-order chi connectivity index (χ0) is 22.4. The average Bonchev–Trinajstić information content (AvgIpc) is 3.02. The van der Waals surface area contributed by atoms with Gasteiger partial charge < -0.3 is 0 Å². The summed E-state index contributed by atoms with van der Waals surface area (Å²) in [6.45, 7) is 1.77. The van der Waals surface area contributed by atoms with Gasteiger partial charge in [-0.3, -0.25) is 30.3 Å². The quantitative estimate of drug-likeness (QED) is 0.303. The lowest BCUT2D eigenvalue weighted by Crippen LogP contribution is -2.01. The van der Waals surface area contributed by atoms with E-state index in [9.17, 15) is 30.3 Å². The van der Waals surface area contributed by atoms with Gasteiger partial charge >= 0.3 is 0 Å². The van der Waals surface area contributed by atoms with Crippen molar-refractivity contribution in [2.24, 2.45) is 4.99 Å². The molecule has 4 rings (SSSR count). The van der Waals surface area contributed by atoms with Gasteiger partial charge in [-0.25, -0.2) is 4.99 Å². The third-order valence-corrected chi connectivity index (χ3v) is 5.14. The highest BCUT2D eigenvalue weighted by Crippen LogP contribution is 2.46. The number of halogens is 1. The Morgan fingerprint density at radius 2 is 1.45 bits per heavy atom. The van der Waals surface area contributed by atoms with Gasteiger partial charge in [-0.1, -0.05) is 17.7 Å². The molecule has 0 saturated heterocycles. The van der Waals surface area contributed by atoms with Crippen LogP contribution < -0.4 is 0 Å². The molecule has 0 fully saturated rings. The molecule has 1 aliphatic carbocycles. The molecule has 0 N–H and O–H groups in total. The number of hydrogen-bond acceptors (Lipinski definition) is 7. The summed E-state index contributed by atoms with van der Waals surface area (Å²) in [6.07, 6.45) is 0. The van der Waals surface area contributed by atoms with Gasteiger partial charge in [-0.2, -0.15) is 0 Å². The van der Waals surface area contributed by atoms with Crippen LogP contribution in [-0.2, 0) is 0 Å². The van der Waals surface area contributed by atoms with Crippen molar-refractivity contribution in [2.75, 3.05) is 0 Å². The van der Waals surface area contributed by atoms with Crippen molar-refractivity contribution in [3.63, 3.8) is 0 Å². The van der Waals surface area contributed by atoms with Crippen LogP contribution in [-0.4, -0.2) is 20.5 Å². The number of rotatable bonds is 4. The Kier molecular flexibility index (Phi) is 4.71. The molecule has 0 unspecified atom stereocenters. The topological polar surface area (TPSA) is 142 Å². The molecule has 1 aliphatic rings. The van der Waals surface area contributed by atoms with E-state index in [4.69, 9.17) is 11.6 Å². The first kappa shape index (κ1) is 20.1. The number of nitrogens with zero attached hydrogens (tertiary/aromatic N) is 4. The normalized spacial score (nSPS) is 13.0. The Morgan fingerprint density at radius 3 is 2.10 bits per heavy atom. The van der Waals surface area contributed by atoms with Gasteiger partial charge in [-0.15, -0.1) is 0 Å². The maximum atomic E-state index is 11.7. The van der Waals surface area contributed by atoms with E-state index < -0.39 is 26.1 Å². The fourth-order valence-electron chi connectivity index (χ4n) is 3.48. The third kappa shape index (κ3) is 3.38. The molecule has 0 saturated carbocycles. The molecule has 154 valence electrons. The van der Waals surface area contributed by atoms with Crippen LogP contribution in [0.5, 0.6) is 0 Å². The van der Waals surface area contributed by atoms with Gasteiger partial charge in [0.1, 0.15) is 0 Å². The minimum Gasteiger partial charge on any atom is -0.258 e. The van der Waals surface area contributed by atoms with E-state index in [1.165, 1.54) is 24.3 Å². The molecule has 0 spiro atoms. The van der Waals surface area contributed by atoms with Gasteiger partial charge in [0.2, 0.25) is 0 Å². The van der Waals surface area contributed by atoms with Crippen molar-refractivity contribution >= 4 is 40.1 Å². The number of nitro groups is 3. The van der Waals surface area contributed by atoms with E-state index in [-0.39, 0.29) is 28.1 Å². The highest BCUT2D eigenvalue weighted by Gasteiger charge is 2.36. The van der Waals surface area contributed by atoms with Crippen molar-refractivity contribution in [2.45, 2.75) is 6.92 Å². The van der Waals surface area contributed by atoms with Crippen LogP contribution >= 0.6 is 11.6 Å². The maximum absolute atomic E-state index is 11.7. The van der Waals surface area contributed by atoms with E-state index in [0.717, 1.165) is 11.6 Å². The molecular formula is C20H11ClN4O6. The molecule has 0 aliphatic heterocycles. The summed E-state index contributed by atoms with van der Waals surface area (Å²) in [7, 11) is 0. The van der Waals surface area contributed by atoms with E-state index in [1.54, 1.807) is 25.1 Å². The fraction of sp³-hybridized carbons (Fsp3) is 0.0500. The number of hydrogen-bond donors (Lipinski definition) is 0. The Balaban J connectivity index is 2.11. The van der Waals surface area contributed by atoms with Crippen LogP contribution in [0.1, 0.15) is 16.7 Å². The Labute approximate surface area is 178 Å². The van der Waals surface area contributed by atoms with Crippen LogP contribution in [0.2, 0.25) is 5.02 Å². The molecule has 0 radical (unpaired) electrons. The first-order valence-corrected chi connectivity index (χ1v) is 9.16. The Hall–Kier alpha value is -4.18. The SMILES string of the molecule is Cc1ccc(Cl)cc1N=C1c2cc([N+](=O)[O-])ccc2-c2c1cc([N+](=O)[O-])cc2[N+](=O)[O-]. The fourth-order valence-corrected chi connectivity index (χ4v) is 3.65. The molecule has 3 aromatic rings. The van der Waals surface area contributed by atoms with Crippen LogP contribution in [0.3, 0.4) is 0 Å². The number of nitro benzene ring substituents is 3. The lowest BCUT2D eigenvalue weighted by atomic mass is 10.0. The molecule has 0 atom stereocenters. The minimum absolute atomic E-state index is 0.124. The molecule has 10 nitrogen and oxygen atoms in total. The number of aliphatic imine (C=N–C) groups is 1. The van der Waals surface area contributed by atoms with Crippen molar-refractivity contribution in [1.82, 2.24) is 0 Å². The summed E-state index contributed by atoms with van der Waals surface area (Å²) >= 11 is 6.07. The second-order valence-electron chi connectivity index (χ2n) is 6.78. The monoisotopic (exact) mass is 438 g/mol. The number of non-ortho nitro benzene ring substituents is 2. The standard InChI is InChI=1S/C20H11ClN4O6/c1-10-2-3-11(21)6-17(10)22-20-15-7-12(23(26)27)4-5-14(15)19-16(20)8-13(24(28)29)9-18(19)25(30)31/h2-9H,1H3. The molecule has 11 heteroatoms. The summed E-state index contributed by atoms with van der Waals surface area (Å²) in [5.74, 6) is 0. The Bertz CT molecular complexity index is 1350. The first-order valence-electron chi connectivity index (χ1n) is 8.78. The lowest BCUT2D eigenvalue weighted by molar-refractivity contribution is -0.393. The van der Waals surface area contributed by atoms with Crippen LogP contribution in [0.15, 0.2) is 53.5 Å². The van der Waals surface area contributed by atoms with E-state index in [2.05, 4.69) is 4.99 Å². The van der Waals surface area contributed by atoms with Crippen molar-refractivity contribution < 1.29 is 14.8 Å². The van der Waals surface area contributed by atoms with Crippen molar-refractivity contribution in [1.29, 1.82) is 0 Å². The molecule has 0 bridgehead atoms. The van der Waals surface area contributed by atoms with Gasteiger partial charge in [0, 0.05) is 34.3 Å². The van der Waals surface area contributed by atoms with Crippen LogP contribution in [0.25, 0.3) is 11.1 Å². The van der Waals surface area contributed by atoms with Crippen molar-refractivity contribution in [3.05, 3.63) is 101 Å². The van der Waals surface area contributed by atoms with Gasteiger partial charge in [-0.05, 0) is 36.2 Å². The van der Waals surface area contributed by atoms with Crippen LogP contribution in [0.4, 0.5) is 22.7 Å². The second-order valence-corrected chi connectivity index (χ2v) is 7.22. The maximum Gasteiger partial charge on any atom is 0.284 e. The van der Waals surface area contributed by atoms with Crippen molar-refractivity contribution in [3.8, 4) is 11.1 Å². The van der Waals surface area contributed by atoms with Crippen LogP contribution in [0, 0.1) is 37.3 Å². The molecule has 0 amide bonds. The second kappa shape index (κ2) is 7.26. The molecule has 3 aromatic carbocycles. The van der Waals surface area contributed by atoms with Gasteiger partial charge in [0.05, 0.1) is 37.8 Å². The zero-order valence-electron chi connectivity index (χ0n) is 15.7. The molecular weight excluding hydrogens is 428 g/mol. The highest BCUT2D eigenvalue weighted by atomic mass is 35.5. The van der Waals surface area contributed by atoms with Gasteiger partial charge in [0.25, 0.3) is 17.1 Å². The molecule has 31 heavy (non-hydrogen) atoms. The van der Waals surface area contributed by atoms with E-state index in [1.807, 2.05) is 0 Å². The summed E-state index contributed by atoms with van der Waals surface area (Å²) in [5.41, 5.74) is 1.00. The largest absolute Gasteiger partial charge is 0.284 e. The minimum atomic E-state index is -0.735. The predicted octanol–water partition coefficient (Wildman–Crippen LogP) is 5.52. The van der Waals surface area contributed by atoms with Gasteiger partial charge in [0.15, 0.2) is 0 Å². The summed E-state index contributed by atoms with van der Waals surface area (Å²) in [4.78, 5) is 36.9. The third-order valence-electron chi connectivity index (χ3n) is 4.91. The predicted molar refractivity (Wildman–Crippen MR) is 113 cm³/mol. The number of benzene rings is 3.